The molecule has 2 N–H and O–H groups in total. The van der Waals surface area contributed by atoms with Crippen molar-refractivity contribution in [2.24, 2.45) is 0 Å². The third-order valence-corrected chi connectivity index (χ3v) is 5.47. The van der Waals surface area contributed by atoms with Crippen LogP contribution >= 0.6 is 0 Å². The van der Waals surface area contributed by atoms with Crippen LogP contribution < -0.4 is 5.32 Å². The molecule has 3 rings (SSSR count). The van der Waals surface area contributed by atoms with E-state index in [-0.39, 0.29) is 23.2 Å². The number of carbonyl (C=O) groups is 1. The molecule has 1 aliphatic carbocycles. The first kappa shape index (κ1) is 17.4. The molecule has 1 unspecified atom stereocenters. The van der Waals surface area contributed by atoms with Crippen molar-refractivity contribution in [3.05, 3.63) is 35.6 Å². The summed E-state index contributed by atoms with van der Waals surface area (Å²) in [5.74, 6) is -0.223. The summed E-state index contributed by atoms with van der Waals surface area (Å²) in [5.41, 5.74) is 0.854. The zero-order valence-corrected chi connectivity index (χ0v) is 14.1. The van der Waals surface area contributed by atoms with E-state index in [0.29, 0.717) is 19.6 Å². The Bertz CT molecular complexity index is 572. The lowest BCUT2D eigenvalue weighted by Crippen LogP contribution is -2.46. The van der Waals surface area contributed by atoms with Crippen LogP contribution in [0.15, 0.2) is 24.3 Å². The van der Waals surface area contributed by atoms with Crippen LogP contribution in [-0.2, 0) is 10.2 Å². The second-order valence-corrected chi connectivity index (χ2v) is 7.31. The zero-order valence-electron chi connectivity index (χ0n) is 14.1. The number of nitrogens with one attached hydrogen (secondary N) is 1. The average molecular weight is 334 g/mol. The number of halogens is 1. The summed E-state index contributed by atoms with van der Waals surface area (Å²) < 4.78 is 13.6. The second-order valence-electron chi connectivity index (χ2n) is 7.31. The van der Waals surface area contributed by atoms with E-state index in [9.17, 15) is 14.3 Å². The molecule has 24 heavy (non-hydrogen) atoms. The minimum absolute atomic E-state index is 0.00761. The number of likely N-dealkylation sites (tertiary alicyclic amines) is 1. The van der Waals surface area contributed by atoms with Crippen molar-refractivity contribution in [2.75, 3.05) is 26.2 Å². The van der Waals surface area contributed by atoms with Crippen molar-refractivity contribution in [3.63, 3.8) is 0 Å². The number of β-amino-alcohol motifs (C(OH)–C–C–N with tert-alkyl or cyclic N) is 1. The Balaban J connectivity index is 1.59. The fourth-order valence-corrected chi connectivity index (χ4v) is 4.14. The summed E-state index contributed by atoms with van der Waals surface area (Å²) in [5, 5.41) is 12.8. The lowest BCUT2D eigenvalue weighted by Gasteiger charge is -2.32. The van der Waals surface area contributed by atoms with Gasteiger partial charge in [-0.3, -0.25) is 9.69 Å². The number of nitrogens with zero attached hydrogens (tertiary/aromatic N) is 1. The molecule has 4 nitrogen and oxygen atoms in total. The molecule has 2 fully saturated rings. The number of benzene rings is 1. The van der Waals surface area contributed by atoms with Gasteiger partial charge in [-0.2, -0.15) is 0 Å². The van der Waals surface area contributed by atoms with Gasteiger partial charge in [0.1, 0.15) is 5.82 Å². The molecule has 1 heterocycles. The van der Waals surface area contributed by atoms with E-state index in [2.05, 4.69) is 5.32 Å². The van der Waals surface area contributed by atoms with Crippen LogP contribution in [0.5, 0.6) is 0 Å². The van der Waals surface area contributed by atoms with Gasteiger partial charge in [0.15, 0.2) is 0 Å². The van der Waals surface area contributed by atoms with Gasteiger partial charge in [0.25, 0.3) is 0 Å². The van der Waals surface area contributed by atoms with E-state index in [1.165, 1.54) is 6.07 Å². The molecular formula is C19H27FN2O2. The van der Waals surface area contributed by atoms with E-state index in [1.54, 1.807) is 12.1 Å². The molecule has 0 bridgehead atoms. The van der Waals surface area contributed by atoms with Gasteiger partial charge in [0.05, 0.1) is 12.6 Å². The first-order chi connectivity index (χ1) is 11.6. The van der Waals surface area contributed by atoms with Crippen LogP contribution in [0.3, 0.4) is 0 Å². The quantitative estimate of drug-likeness (QED) is 0.868. The third-order valence-electron chi connectivity index (χ3n) is 5.47. The van der Waals surface area contributed by atoms with E-state index in [1.807, 2.05) is 11.0 Å². The maximum Gasteiger partial charge on any atom is 0.234 e. The molecule has 1 aliphatic heterocycles. The summed E-state index contributed by atoms with van der Waals surface area (Å²) in [6.07, 6.45) is 5.64. The number of aliphatic hydroxyl groups is 1. The molecule has 132 valence electrons. The van der Waals surface area contributed by atoms with Crippen molar-refractivity contribution in [2.45, 2.75) is 50.0 Å². The fraction of sp³-hybridized carbons (Fsp3) is 0.632. The average Bonchev–Trinajstić information content (AvgIpc) is 3.03. The Morgan fingerprint density at radius 3 is 2.83 bits per heavy atom. The number of rotatable bonds is 5. The topological polar surface area (TPSA) is 52.6 Å². The fourth-order valence-electron chi connectivity index (χ4n) is 4.14. The Labute approximate surface area is 143 Å². The van der Waals surface area contributed by atoms with Crippen LogP contribution in [0.1, 0.15) is 44.1 Å². The van der Waals surface area contributed by atoms with Gasteiger partial charge in [0, 0.05) is 18.5 Å². The Morgan fingerprint density at radius 1 is 1.33 bits per heavy atom. The summed E-state index contributed by atoms with van der Waals surface area (Å²) in [4.78, 5) is 14.3. The zero-order chi connectivity index (χ0) is 17.0. The largest absolute Gasteiger partial charge is 0.392 e. The molecule has 1 atom stereocenters. The highest BCUT2D eigenvalue weighted by molar-refractivity contribution is 5.78. The smallest absolute Gasteiger partial charge is 0.234 e. The molecule has 0 spiro atoms. The highest BCUT2D eigenvalue weighted by Gasteiger charge is 2.36. The van der Waals surface area contributed by atoms with Crippen LogP contribution in [0, 0.1) is 5.82 Å². The molecular weight excluding hydrogens is 307 g/mol. The summed E-state index contributed by atoms with van der Waals surface area (Å²) in [7, 11) is 0. The molecule has 1 saturated heterocycles. The number of amides is 1. The molecule has 0 radical (unpaired) electrons. The molecule has 1 saturated carbocycles. The molecule has 5 heteroatoms. The van der Waals surface area contributed by atoms with Crippen LogP contribution in [0.4, 0.5) is 4.39 Å². The van der Waals surface area contributed by atoms with Crippen molar-refractivity contribution in [1.82, 2.24) is 10.2 Å². The number of hydrogen-bond acceptors (Lipinski definition) is 3. The van der Waals surface area contributed by atoms with Gasteiger partial charge < -0.3 is 10.4 Å². The van der Waals surface area contributed by atoms with Crippen molar-refractivity contribution in [1.29, 1.82) is 0 Å². The lowest BCUT2D eigenvalue weighted by atomic mass is 9.78. The number of carbonyl (C=O) groups excluding carboxylic acids is 1. The van der Waals surface area contributed by atoms with E-state index in [4.69, 9.17) is 0 Å². The minimum atomic E-state index is -0.319. The molecule has 1 aromatic rings. The van der Waals surface area contributed by atoms with Crippen LogP contribution in [0.2, 0.25) is 0 Å². The highest BCUT2D eigenvalue weighted by Crippen LogP contribution is 2.40. The van der Waals surface area contributed by atoms with E-state index < -0.39 is 0 Å². The van der Waals surface area contributed by atoms with Gasteiger partial charge in [-0.25, -0.2) is 4.39 Å². The first-order valence-corrected chi connectivity index (χ1v) is 9.01. The predicted octanol–water partition coefficient (Wildman–Crippen LogP) is 2.21. The highest BCUT2D eigenvalue weighted by atomic mass is 19.1. The number of aliphatic hydroxyl groups excluding tert-OH is 1. The van der Waals surface area contributed by atoms with Crippen molar-refractivity contribution < 1.29 is 14.3 Å². The maximum absolute atomic E-state index is 13.6. The second kappa shape index (κ2) is 7.62. The third kappa shape index (κ3) is 4.14. The Morgan fingerprint density at radius 2 is 2.12 bits per heavy atom. The summed E-state index contributed by atoms with van der Waals surface area (Å²) in [6.45, 7) is 2.32. The normalized spacial score (nSPS) is 24.0. The van der Waals surface area contributed by atoms with Crippen LogP contribution in [-0.4, -0.2) is 48.2 Å². The van der Waals surface area contributed by atoms with Gasteiger partial charge >= 0.3 is 0 Å². The minimum Gasteiger partial charge on any atom is -0.392 e. The lowest BCUT2D eigenvalue weighted by molar-refractivity contribution is -0.123. The first-order valence-electron chi connectivity index (χ1n) is 9.01. The van der Waals surface area contributed by atoms with E-state index in [0.717, 1.165) is 50.6 Å². The predicted molar refractivity (Wildman–Crippen MR) is 91.2 cm³/mol. The molecule has 0 aromatic heterocycles. The molecule has 1 aromatic carbocycles. The SMILES string of the molecule is O=C(CN1CCCC(O)C1)NCC1(c2cccc(F)c2)CCCC1. The van der Waals surface area contributed by atoms with E-state index >= 15 is 0 Å². The molecule has 2 aliphatic rings. The van der Waals surface area contributed by atoms with Gasteiger partial charge in [-0.1, -0.05) is 25.0 Å². The Hall–Kier alpha value is -1.46. The van der Waals surface area contributed by atoms with Crippen LogP contribution in [0.25, 0.3) is 0 Å². The maximum atomic E-state index is 13.6. The van der Waals surface area contributed by atoms with Gasteiger partial charge in [0.2, 0.25) is 5.91 Å². The summed E-state index contributed by atoms with van der Waals surface area (Å²) in [6, 6.07) is 6.80. The monoisotopic (exact) mass is 334 g/mol. The molecule has 1 amide bonds. The summed E-state index contributed by atoms with van der Waals surface area (Å²) >= 11 is 0. The van der Waals surface area contributed by atoms with Gasteiger partial charge in [-0.15, -0.1) is 0 Å². The number of hydrogen-bond donors (Lipinski definition) is 2. The van der Waals surface area contributed by atoms with Crippen molar-refractivity contribution >= 4 is 5.91 Å². The van der Waals surface area contributed by atoms with Gasteiger partial charge in [-0.05, 0) is 49.9 Å². The Kier molecular flexibility index (Phi) is 5.51. The van der Waals surface area contributed by atoms with Crippen molar-refractivity contribution in [3.8, 4) is 0 Å². The standard InChI is InChI=1S/C19H27FN2O2/c20-16-6-3-5-15(11-16)19(8-1-2-9-19)14-21-18(24)13-22-10-4-7-17(23)12-22/h3,5-6,11,17,23H,1-2,4,7-10,12-14H2,(H,21,24). The number of piperidine rings is 1.